The van der Waals surface area contributed by atoms with Gasteiger partial charge in [0.05, 0.1) is 18.4 Å². The number of halogens is 4. The summed E-state index contributed by atoms with van der Waals surface area (Å²) in [5, 5.41) is 10.6. The first-order valence-corrected chi connectivity index (χ1v) is 6.86. The van der Waals surface area contributed by atoms with Crippen molar-refractivity contribution in [1.82, 2.24) is 20.0 Å². The lowest BCUT2D eigenvalue weighted by Gasteiger charge is -2.08. The van der Waals surface area contributed by atoms with Crippen molar-refractivity contribution < 1.29 is 17.6 Å². The van der Waals surface area contributed by atoms with E-state index in [1.165, 1.54) is 22.9 Å². The number of hydrogen-bond acceptors (Lipinski definition) is 4. The van der Waals surface area contributed by atoms with E-state index in [1.54, 1.807) is 18.3 Å². The monoisotopic (exact) mass is 337 g/mol. The van der Waals surface area contributed by atoms with E-state index in [9.17, 15) is 17.6 Å². The second kappa shape index (κ2) is 6.26. The van der Waals surface area contributed by atoms with Crippen LogP contribution in [0.25, 0.3) is 5.69 Å². The van der Waals surface area contributed by atoms with Crippen molar-refractivity contribution >= 4 is 5.69 Å². The molecule has 24 heavy (non-hydrogen) atoms. The zero-order valence-corrected chi connectivity index (χ0v) is 12.1. The summed E-state index contributed by atoms with van der Waals surface area (Å²) in [6.07, 6.45) is -1.86. The van der Waals surface area contributed by atoms with Crippen LogP contribution in [-0.2, 0) is 12.7 Å². The molecule has 1 aromatic carbocycles. The lowest BCUT2D eigenvalue weighted by Crippen LogP contribution is -2.09. The third-order valence-electron chi connectivity index (χ3n) is 3.14. The molecule has 5 nitrogen and oxygen atoms in total. The number of alkyl halides is 3. The first-order chi connectivity index (χ1) is 11.4. The van der Waals surface area contributed by atoms with E-state index < -0.39 is 17.7 Å². The van der Waals surface area contributed by atoms with Crippen molar-refractivity contribution in [2.75, 3.05) is 5.32 Å². The summed E-state index contributed by atoms with van der Waals surface area (Å²) in [6, 6.07) is 8.14. The molecule has 3 rings (SSSR count). The van der Waals surface area contributed by atoms with E-state index in [1.807, 2.05) is 0 Å². The molecule has 0 radical (unpaired) electrons. The average Bonchev–Trinajstić information content (AvgIpc) is 3.01. The number of hydrogen-bond donors (Lipinski definition) is 1. The van der Waals surface area contributed by atoms with Crippen molar-refractivity contribution in [2.45, 2.75) is 12.7 Å². The predicted molar refractivity (Wildman–Crippen MR) is 77.9 cm³/mol. The SMILES string of the molecule is Fc1cccc(-n2cc(CNc3ccnc(C(F)(F)F)c3)nn2)c1. The maximum atomic E-state index is 13.2. The molecule has 0 spiro atoms. The minimum Gasteiger partial charge on any atom is -0.379 e. The van der Waals surface area contributed by atoms with Crippen molar-refractivity contribution in [2.24, 2.45) is 0 Å². The molecule has 0 aliphatic heterocycles. The fourth-order valence-electron chi connectivity index (χ4n) is 2.01. The largest absolute Gasteiger partial charge is 0.433 e. The van der Waals surface area contributed by atoms with Crippen LogP contribution in [-0.4, -0.2) is 20.0 Å². The van der Waals surface area contributed by atoms with Gasteiger partial charge in [0.15, 0.2) is 0 Å². The Morgan fingerprint density at radius 2 is 1.96 bits per heavy atom. The molecule has 0 fully saturated rings. The number of pyridine rings is 1. The summed E-state index contributed by atoms with van der Waals surface area (Å²) in [4.78, 5) is 3.29. The molecule has 2 heterocycles. The first-order valence-electron chi connectivity index (χ1n) is 6.86. The molecule has 124 valence electrons. The first kappa shape index (κ1) is 15.9. The molecule has 0 bridgehead atoms. The normalized spacial score (nSPS) is 11.5. The summed E-state index contributed by atoms with van der Waals surface area (Å²) in [5.41, 5.74) is 0.273. The maximum Gasteiger partial charge on any atom is 0.433 e. The van der Waals surface area contributed by atoms with Crippen LogP contribution in [0.2, 0.25) is 0 Å². The van der Waals surface area contributed by atoms with Gasteiger partial charge in [0.1, 0.15) is 17.2 Å². The molecule has 0 aliphatic rings. The molecule has 0 atom stereocenters. The molecule has 0 saturated carbocycles. The van der Waals surface area contributed by atoms with E-state index in [0.717, 1.165) is 12.3 Å². The Hall–Kier alpha value is -2.97. The fraction of sp³-hybridized carbons (Fsp3) is 0.133. The summed E-state index contributed by atoms with van der Waals surface area (Å²) < 4.78 is 52.4. The van der Waals surface area contributed by atoms with Gasteiger partial charge in [-0.3, -0.25) is 4.98 Å². The Balaban J connectivity index is 1.70. The topological polar surface area (TPSA) is 55.6 Å². The fourth-order valence-corrected chi connectivity index (χ4v) is 2.01. The molecular formula is C15H11F4N5. The van der Waals surface area contributed by atoms with Gasteiger partial charge in [-0.05, 0) is 30.3 Å². The highest BCUT2D eigenvalue weighted by atomic mass is 19.4. The molecule has 9 heteroatoms. The van der Waals surface area contributed by atoms with Crippen LogP contribution in [0, 0.1) is 5.82 Å². The van der Waals surface area contributed by atoms with Gasteiger partial charge in [-0.2, -0.15) is 13.2 Å². The molecule has 3 aromatic rings. The Morgan fingerprint density at radius 1 is 1.12 bits per heavy atom. The van der Waals surface area contributed by atoms with Gasteiger partial charge in [-0.25, -0.2) is 9.07 Å². The van der Waals surface area contributed by atoms with Crippen LogP contribution >= 0.6 is 0 Å². The smallest absolute Gasteiger partial charge is 0.379 e. The Labute approximate surface area is 134 Å². The van der Waals surface area contributed by atoms with Crippen molar-refractivity contribution in [3.8, 4) is 5.69 Å². The molecular weight excluding hydrogens is 326 g/mol. The lowest BCUT2D eigenvalue weighted by atomic mass is 10.3. The van der Waals surface area contributed by atoms with Crippen molar-refractivity contribution in [3.63, 3.8) is 0 Å². The quantitative estimate of drug-likeness (QED) is 0.741. The molecule has 0 saturated heterocycles. The van der Waals surface area contributed by atoms with Crippen LogP contribution in [0.1, 0.15) is 11.4 Å². The number of nitrogens with zero attached hydrogens (tertiary/aromatic N) is 4. The van der Waals surface area contributed by atoms with Crippen LogP contribution in [0.5, 0.6) is 0 Å². The molecule has 2 aromatic heterocycles. The highest BCUT2D eigenvalue weighted by Crippen LogP contribution is 2.28. The lowest BCUT2D eigenvalue weighted by molar-refractivity contribution is -0.141. The van der Waals surface area contributed by atoms with Crippen molar-refractivity contribution in [3.05, 3.63) is 66.0 Å². The van der Waals surface area contributed by atoms with Crippen LogP contribution in [0.3, 0.4) is 0 Å². The third kappa shape index (κ3) is 3.67. The Bertz CT molecular complexity index is 844. The number of rotatable bonds is 4. The maximum absolute atomic E-state index is 13.2. The van der Waals surface area contributed by atoms with E-state index in [0.29, 0.717) is 11.4 Å². The Morgan fingerprint density at radius 3 is 2.71 bits per heavy atom. The molecule has 0 aliphatic carbocycles. The van der Waals surface area contributed by atoms with Crippen molar-refractivity contribution in [1.29, 1.82) is 0 Å². The van der Waals surface area contributed by atoms with E-state index in [4.69, 9.17) is 0 Å². The zero-order valence-electron chi connectivity index (χ0n) is 12.1. The number of benzene rings is 1. The van der Waals surface area contributed by atoms with E-state index in [-0.39, 0.29) is 12.2 Å². The minimum atomic E-state index is -4.50. The number of nitrogens with one attached hydrogen (secondary N) is 1. The van der Waals surface area contributed by atoms with Gasteiger partial charge < -0.3 is 5.32 Å². The van der Waals surface area contributed by atoms with Crippen LogP contribution < -0.4 is 5.32 Å². The summed E-state index contributed by atoms with van der Waals surface area (Å²) in [5.74, 6) is -0.404. The molecule has 0 amide bonds. The molecule has 1 N–H and O–H groups in total. The Kier molecular flexibility index (Phi) is 4.15. The summed E-state index contributed by atoms with van der Waals surface area (Å²) in [6.45, 7) is 0.163. The third-order valence-corrected chi connectivity index (χ3v) is 3.14. The van der Waals surface area contributed by atoms with Gasteiger partial charge in [-0.1, -0.05) is 11.3 Å². The molecule has 0 unspecified atom stereocenters. The number of aromatic nitrogens is 4. The highest BCUT2D eigenvalue weighted by Gasteiger charge is 2.32. The summed E-state index contributed by atoms with van der Waals surface area (Å²) >= 11 is 0. The van der Waals surface area contributed by atoms with Gasteiger partial charge in [0, 0.05) is 11.9 Å². The number of anilines is 1. The zero-order chi connectivity index (χ0) is 17.2. The second-order valence-electron chi connectivity index (χ2n) is 4.92. The standard InChI is InChI=1S/C15H11F4N5/c16-10-2-1-3-13(6-10)24-9-12(22-23-24)8-21-11-4-5-20-14(7-11)15(17,18)19/h1-7,9H,8H2,(H,20,21). The highest BCUT2D eigenvalue weighted by molar-refractivity contribution is 5.44. The van der Waals surface area contributed by atoms with Gasteiger partial charge in [0.25, 0.3) is 0 Å². The van der Waals surface area contributed by atoms with Gasteiger partial charge in [-0.15, -0.1) is 5.10 Å². The average molecular weight is 337 g/mol. The van der Waals surface area contributed by atoms with Crippen LogP contribution in [0.4, 0.5) is 23.2 Å². The van der Waals surface area contributed by atoms with Crippen LogP contribution in [0.15, 0.2) is 48.8 Å². The second-order valence-corrected chi connectivity index (χ2v) is 4.92. The van der Waals surface area contributed by atoms with E-state index in [2.05, 4.69) is 20.6 Å². The van der Waals surface area contributed by atoms with Gasteiger partial charge >= 0.3 is 6.18 Å². The van der Waals surface area contributed by atoms with E-state index >= 15 is 0 Å². The predicted octanol–water partition coefficient (Wildman–Crippen LogP) is 3.43. The summed E-state index contributed by atoms with van der Waals surface area (Å²) in [7, 11) is 0. The minimum absolute atomic E-state index is 0.163. The van der Waals surface area contributed by atoms with Gasteiger partial charge in [0.2, 0.25) is 0 Å².